The maximum atomic E-state index is 6.51. The minimum Gasteiger partial charge on any atom is -0.435 e. The highest BCUT2D eigenvalue weighted by Gasteiger charge is 2.16. The molecule has 0 amide bonds. The second kappa shape index (κ2) is 14.1. The Morgan fingerprint density at radius 1 is 0.328 bits per heavy atom. The number of benzene rings is 10. The minimum atomic E-state index is 0.634. The molecule has 3 heteroatoms. The number of hydrogen-bond acceptors (Lipinski definition) is 3. The Morgan fingerprint density at radius 2 is 0.793 bits per heavy atom. The van der Waals surface area contributed by atoms with Crippen LogP contribution in [0.2, 0.25) is 0 Å². The molecular weight excluding hydrogens is 705 g/mol. The lowest BCUT2D eigenvalue weighted by atomic mass is 9.96. The van der Waals surface area contributed by atoms with Gasteiger partial charge in [0.2, 0.25) is 5.89 Å². The fraction of sp³-hybridized carbons (Fsp3) is 0. The van der Waals surface area contributed by atoms with Crippen molar-refractivity contribution in [3.63, 3.8) is 0 Å². The number of rotatable bonds is 7. The summed E-state index contributed by atoms with van der Waals surface area (Å²) < 4.78 is 6.51. The van der Waals surface area contributed by atoms with E-state index in [0.29, 0.717) is 5.89 Å². The average Bonchev–Trinajstić information content (AvgIpc) is 3.75. The molecule has 0 aliphatic carbocycles. The van der Waals surface area contributed by atoms with E-state index in [1.807, 2.05) is 30.3 Å². The van der Waals surface area contributed by atoms with Crippen molar-refractivity contribution in [2.45, 2.75) is 0 Å². The molecule has 11 aromatic rings. The fourth-order valence-corrected chi connectivity index (χ4v) is 8.26. The van der Waals surface area contributed by atoms with Crippen molar-refractivity contribution in [2.75, 3.05) is 4.90 Å². The molecule has 0 bridgehead atoms. The lowest BCUT2D eigenvalue weighted by Crippen LogP contribution is -2.09. The van der Waals surface area contributed by atoms with Crippen LogP contribution in [0.5, 0.6) is 0 Å². The fourth-order valence-electron chi connectivity index (χ4n) is 8.26. The predicted molar refractivity (Wildman–Crippen MR) is 243 cm³/mol. The van der Waals surface area contributed by atoms with Gasteiger partial charge < -0.3 is 9.32 Å². The summed E-state index contributed by atoms with van der Waals surface area (Å²) in [5.41, 5.74) is 13.0. The topological polar surface area (TPSA) is 29.3 Å². The highest BCUT2D eigenvalue weighted by Crippen LogP contribution is 2.40. The number of anilines is 3. The van der Waals surface area contributed by atoms with E-state index in [9.17, 15) is 0 Å². The van der Waals surface area contributed by atoms with Gasteiger partial charge in [-0.3, -0.25) is 0 Å². The molecule has 1 aromatic heterocycles. The summed E-state index contributed by atoms with van der Waals surface area (Å²) in [6.07, 6.45) is 0. The number of nitrogens with zero attached hydrogens (tertiary/aromatic N) is 2. The third-order valence-electron chi connectivity index (χ3n) is 11.3. The molecule has 10 aromatic carbocycles. The first-order valence-corrected chi connectivity index (χ1v) is 19.7. The molecule has 11 rings (SSSR count). The summed E-state index contributed by atoms with van der Waals surface area (Å²) in [6, 6.07) is 77.8. The molecule has 58 heavy (non-hydrogen) atoms. The number of oxazole rings is 1. The first kappa shape index (κ1) is 33.6. The lowest BCUT2D eigenvalue weighted by molar-refractivity contribution is 0.623. The second-order valence-electron chi connectivity index (χ2n) is 14.8. The Bertz CT molecular complexity index is 3240. The van der Waals surface area contributed by atoms with Gasteiger partial charge in [-0.05, 0) is 121 Å². The van der Waals surface area contributed by atoms with E-state index >= 15 is 0 Å². The smallest absolute Gasteiger partial charge is 0.227 e. The van der Waals surface area contributed by atoms with E-state index in [1.165, 1.54) is 33.0 Å². The lowest BCUT2D eigenvalue weighted by Gasteiger charge is -2.26. The highest BCUT2D eigenvalue weighted by molar-refractivity contribution is 6.18. The van der Waals surface area contributed by atoms with Crippen molar-refractivity contribution in [1.29, 1.82) is 0 Å². The van der Waals surface area contributed by atoms with Gasteiger partial charge >= 0.3 is 0 Å². The zero-order valence-corrected chi connectivity index (χ0v) is 31.6. The molecule has 0 saturated carbocycles. The van der Waals surface area contributed by atoms with Crippen molar-refractivity contribution < 1.29 is 4.42 Å². The van der Waals surface area contributed by atoms with Crippen molar-refractivity contribution in [3.05, 3.63) is 218 Å². The molecule has 1 heterocycles. The maximum absolute atomic E-state index is 6.51. The van der Waals surface area contributed by atoms with Crippen LogP contribution in [-0.2, 0) is 0 Å². The van der Waals surface area contributed by atoms with Gasteiger partial charge in [0, 0.05) is 28.0 Å². The quantitative estimate of drug-likeness (QED) is 0.152. The predicted octanol–water partition coefficient (Wildman–Crippen LogP) is 15.4. The van der Waals surface area contributed by atoms with Gasteiger partial charge in [-0.2, -0.15) is 0 Å². The van der Waals surface area contributed by atoms with Crippen LogP contribution in [0.15, 0.2) is 223 Å². The summed E-state index contributed by atoms with van der Waals surface area (Å²) in [5.74, 6) is 0.634. The SMILES string of the molecule is c1ccc(-c2ccc(-c3ccc(N(c4ccc(-c5ccc6ccc7ccc8nc(-c9ccccc9)oc8c7c6c5)cc4)c4ccc5ccccc5c4)cc3)cc2)cc1. The van der Waals surface area contributed by atoms with Crippen LogP contribution >= 0.6 is 0 Å². The molecule has 0 aliphatic heterocycles. The molecule has 0 unspecified atom stereocenters. The average molecular weight is 741 g/mol. The molecule has 0 N–H and O–H groups in total. The van der Waals surface area contributed by atoms with Crippen LogP contribution in [0.1, 0.15) is 0 Å². The Balaban J connectivity index is 0.963. The Hall–Kier alpha value is -7.75. The summed E-state index contributed by atoms with van der Waals surface area (Å²) in [7, 11) is 0. The zero-order valence-electron chi connectivity index (χ0n) is 31.6. The Kier molecular flexibility index (Phi) is 8.15. The monoisotopic (exact) mass is 740 g/mol. The molecule has 0 aliphatic rings. The largest absolute Gasteiger partial charge is 0.435 e. The van der Waals surface area contributed by atoms with Crippen LogP contribution < -0.4 is 4.90 Å². The van der Waals surface area contributed by atoms with Crippen molar-refractivity contribution in [1.82, 2.24) is 4.98 Å². The van der Waals surface area contributed by atoms with Crippen LogP contribution in [0.3, 0.4) is 0 Å². The van der Waals surface area contributed by atoms with E-state index < -0.39 is 0 Å². The zero-order chi connectivity index (χ0) is 38.4. The van der Waals surface area contributed by atoms with Crippen LogP contribution in [0.25, 0.3) is 88.3 Å². The van der Waals surface area contributed by atoms with E-state index in [2.05, 4.69) is 193 Å². The van der Waals surface area contributed by atoms with E-state index in [4.69, 9.17) is 9.40 Å². The van der Waals surface area contributed by atoms with Crippen LogP contribution in [-0.4, -0.2) is 4.98 Å². The normalized spacial score (nSPS) is 11.4. The summed E-state index contributed by atoms with van der Waals surface area (Å²) in [6.45, 7) is 0. The van der Waals surface area contributed by atoms with Gasteiger partial charge in [-0.1, -0.05) is 158 Å². The van der Waals surface area contributed by atoms with Gasteiger partial charge in [0.1, 0.15) is 5.52 Å². The Labute approximate surface area is 336 Å². The number of hydrogen-bond donors (Lipinski definition) is 0. The van der Waals surface area contributed by atoms with Crippen LogP contribution in [0.4, 0.5) is 17.1 Å². The molecule has 3 nitrogen and oxygen atoms in total. The number of aromatic nitrogens is 1. The first-order valence-electron chi connectivity index (χ1n) is 19.7. The molecule has 0 saturated heterocycles. The third kappa shape index (κ3) is 6.07. The summed E-state index contributed by atoms with van der Waals surface area (Å²) in [5, 5.41) is 6.95. The van der Waals surface area contributed by atoms with E-state index in [-0.39, 0.29) is 0 Å². The molecule has 272 valence electrons. The van der Waals surface area contributed by atoms with Crippen molar-refractivity contribution in [3.8, 4) is 44.8 Å². The standard InChI is InChI=1S/C55H36N2O/c1-3-9-37(10-4-1)39-15-17-40(18-16-39)41-23-29-48(30-24-41)57(50-33-27-38-11-7-8-14-46(38)35-50)49-31-25-42(26-32-49)47-22-20-43-19-21-44-28-34-52-54(53(44)51(43)36-47)58-55(56-52)45-12-5-2-6-13-45/h1-36H. The van der Waals surface area contributed by atoms with Gasteiger partial charge in [-0.15, -0.1) is 0 Å². The van der Waals surface area contributed by atoms with Crippen molar-refractivity contribution in [2.24, 2.45) is 0 Å². The van der Waals surface area contributed by atoms with Gasteiger partial charge in [0.05, 0.1) is 0 Å². The third-order valence-corrected chi connectivity index (χ3v) is 11.3. The molecular formula is C55H36N2O. The van der Waals surface area contributed by atoms with E-state index in [0.717, 1.165) is 66.4 Å². The highest BCUT2D eigenvalue weighted by atomic mass is 16.3. The number of fused-ring (bicyclic) bond motifs is 6. The summed E-state index contributed by atoms with van der Waals surface area (Å²) in [4.78, 5) is 7.22. The first-order chi connectivity index (χ1) is 28.7. The second-order valence-corrected chi connectivity index (χ2v) is 14.8. The molecule has 0 radical (unpaired) electrons. The molecule has 0 fully saturated rings. The summed E-state index contributed by atoms with van der Waals surface area (Å²) >= 11 is 0. The van der Waals surface area contributed by atoms with Gasteiger partial charge in [0.25, 0.3) is 0 Å². The van der Waals surface area contributed by atoms with Crippen LogP contribution in [0, 0.1) is 0 Å². The van der Waals surface area contributed by atoms with Crippen molar-refractivity contribution >= 4 is 60.5 Å². The van der Waals surface area contributed by atoms with Gasteiger partial charge in [0.15, 0.2) is 5.58 Å². The molecule has 0 spiro atoms. The van der Waals surface area contributed by atoms with Gasteiger partial charge in [-0.25, -0.2) is 4.98 Å². The minimum absolute atomic E-state index is 0.634. The molecule has 0 atom stereocenters. The maximum Gasteiger partial charge on any atom is 0.227 e. The van der Waals surface area contributed by atoms with E-state index in [1.54, 1.807) is 0 Å². The Morgan fingerprint density at radius 3 is 1.47 bits per heavy atom.